The number of rotatable bonds is 6. The van der Waals surface area contributed by atoms with Gasteiger partial charge in [0.1, 0.15) is 12.4 Å². The summed E-state index contributed by atoms with van der Waals surface area (Å²) < 4.78 is 22.9. The highest BCUT2D eigenvalue weighted by Gasteiger charge is 2.27. The van der Waals surface area contributed by atoms with Crippen LogP contribution in [-0.2, 0) is 0 Å². The van der Waals surface area contributed by atoms with Crippen molar-refractivity contribution in [3.05, 3.63) is 60.0 Å². The molecule has 0 amide bonds. The van der Waals surface area contributed by atoms with Crippen LogP contribution in [0.1, 0.15) is 17.6 Å². The first-order chi connectivity index (χ1) is 12.8. The summed E-state index contributed by atoms with van der Waals surface area (Å²) in [6.45, 7) is 2.95. The number of fused-ring (bicyclic) bond motifs is 1. The summed E-state index contributed by atoms with van der Waals surface area (Å²) in [5.74, 6) is 3.39. The monoisotopic (exact) mass is 370 g/mol. The molecule has 4 rings (SSSR count). The minimum Gasteiger partial charge on any atom is -0.493 e. The van der Waals surface area contributed by atoms with Crippen LogP contribution in [0.3, 0.4) is 0 Å². The molecule has 0 radical (unpaired) electrons. The van der Waals surface area contributed by atoms with E-state index in [-0.39, 0.29) is 0 Å². The molecule has 26 heavy (non-hydrogen) atoms. The van der Waals surface area contributed by atoms with Gasteiger partial charge < -0.3 is 18.6 Å². The Morgan fingerprint density at radius 3 is 2.73 bits per heavy atom. The lowest BCUT2D eigenvalue weighted by molar-refractivity contribution is 0.0686. The van der Waals surface area contributed by atoms with E-state index >= 15 is 0 Å². The smallest absolute Gasteiger partial charge is 0.276 e. The predicted octanol–water partition coefficient (Wildman–Crippen LogP) is 4.06. The SMILES string of the molecule is Cc1ccc(OCCSc2nnc([C@H]3COc4ccccc4O3)o2)cc1. The van der Waals surface area contributed by atoms with E-state index in [9.17, 15) is 0 Å². The topological polar surface area (TPSA) is 66.6 Å². The maximum Gasteiger partial charge on any atom is 0.276 e. The Balaban J connectivity index is 1.28. The average Bonchev–Trinajstić information content (AvgIpc) is 3.15. The lowest BCUT2D eigenvalue weighted by Gasteiger charge is -2.23. The number of aromatic nitrogens is 2. The van der Waals surface area contributed by atoms with E-state index in [1.165, 1.54) is 17.3 Å². The molecule has 0 fully saturated rings. The lowest BCUT2D eigenvalue weighted by Crippen LogP contribution is -2.21. The van der Waals surface area contributed by atoms with Crippen LogP contribution in [0, 0.1) is 6.92 Å². The zero-order chi connectivity index (χ0) is 17.8. The van der Waals surface area contributed by atoms with Crippen LogP contribution in [0.25, 0.3) is 0 Å². The Labute approximate surface area is 155 Å². The molecule has 1 aliphatic rings. The number of nitrogens with zero attached hydrogens (tertiary/aromatic N) is 2. The normalized spacial score (nSPS) is 15.7. The average molecular weight is 370 g/mol. The first kappa shape index (κ1) is 16.8. The Morgan fingerprint density at radius 2 is 1.88 bits per heavy atom. The molecule has 2 aromatic carbocycles. The molecule has 0 aliphatic carbocycles. The summed E-state index contributed by atoms with van der Waals surface area (Å²) in [5.41, 5.74) is 1.21. The zero-order valence-electron chi connectivity index (χ0n) is 14.3. The van der Waals surface area contributed by atoms with Gasteiger partial charge in [-0.15, -0.1) is 10.2 Å². The molecule has 1 atom stereocenters. The second kappa shape index (κ2) is 7.70. The first-order valence-corrected chi connectivity index (χ1v) is 9.30. The fourth-order valence-electron chi connectivity index (χ4n) is 2.47. The molecule has 1 aromatic heterocycles. The third-order valence-electron chi connectivity index (χ3n) is 3.80. The van der Waals surface area contributed by atoms with E-state index in [0.29, 0.717) is 35.8 Å². The van der Waals surface area contributed by atoms with Gasteiger partial charge >= 0.3 is 0 Å². The van der Waals surface area contributed by atoms with E-state index in [1.54, 1.807) is 0 Å². The standard InChI is InChI=1S/C19H18N2O4S/c1-13-6-8-14(9-7-13)22-10-11-26-19-21-20-18(25-19)17-12-23-15-4-2-3-5-16(15)24-17/h2-9,17H,10-12H2,1H3/t17-/m1/s1. The summed E-state index contributed by atoms with van der Waals surface area (Å²) in [5, 5.41) is 8.63. The first-order valence-electron chi connectivity index (χ1n) is 8.32. The van der Waals surface area contributed by atoms with E-state index < -0.39 is 6.10 Å². The van der Waals surface area contributed by atoms with Crippen molar-refractivity contribution >= 4 is 11.8 Å². The van der Waals surface area contributed by atoms with Gasteiger partial charge in [-0.25, -0.2) is 0 Å². The van der Waals surface area contributed by atoms with Gasteiger partial charge in [-0.05, 0) is 31.2 Å². The Morgan fingerprint density at radius 1 is 1.08 bits per heavy atom. The van der Waals surface area contributed by atoms with E-state index in [4.69, 9.17) is 18.6 Å². The molecule has 0 saturated carbocycles. The van der Waals surface area contributed by atoms with Crippen LogP contribution in [0.15, 0.2) is 58.2 Å². The molecule has 0 unspecified atom stereocenters. The molecular weight excluding hydrogens is 352 g/mol. The Hall–Kier alpha value is -2.67. The van der Waals surface area contributed by atoms with Gasteiger partial charge in [0.2, 0.25) is 6.10 Å². The number of hydrogen-bond donors (Lipinski definition) is 0. The van der Waals surface area contributed by atoms with Crippen LogP contribution in [-0.4, -0.2) is 29.2 Å². The van der Waals surface area contributed by atoms with Gasteiger partial charge in [0, 0.05) is 5.75 Å². The molecule has 0 spiro atoms. The van der Waals surface area contributed by atoms with Gasteiger partial charge in [0.15, 0.2) is 11.5 Å². The maximum atomic E-state index is 5.87. The molecular formula is C19H18N2O4S. The number of benzene rings is 2. The maximum absolute atomic E-state index is 5.87. The molecule has 0 N–H and O–H groups in total. The van der Waals surface area contributed by atoms with Crippen LogP contribution in [0.5, 0.6) is 17.2 Å². The number of hydrogen-bond acceptors (Lipinski definition) is 7. The number of ether oxygens (including phenoxy) is 3. The summed E-state index contributed by atoms with van der Waals surface area (Å²) in [6.07, 6.45) is -0.393. The molecule has 1 aliphatic heterocycles. The summed E-state index contributed by atoms with van der Waals surface area (Å²) in [6, 6.07) is 15.5. The molecule has 2 heterocycles. The van der Waals surface area contributed by atoms with E-state index in [2.05, 4.69) is 10.2 Å². The minimum absolute atomic E-state index is 0.347. The van der Waals surface area contributed by atoms with Gasteiger partial charge in [-0.3, -0.25) is 0 Å². The van der Waals surface area contributed by atoms with Crippen molar-refractivity contribution < 1.29 is 18.6 Å². The quantitative estimate of drug-likeness (QED) is 0.479. The largest absolute Gasteiger partial charge is 0.493 e. The fraction of sp³-hybridized carbons (Fsp3) is 0.263. The second-order valence-electron chi connectivity index (χ2n) is 5.78. The summed E-state index contributed by atoms with van der Waals surface area (Å²) >= 11 is 1.45. The van der Waals surface area contributed by atoms with E-state index in [1.807, 2.05) is 55.5 Å². The van der Waals surface area contributed by atoms with Crippen molar-refractivity contribution in [2.75, 3.05) is 19.0 Å². The van der Waals surface area contributed by atoms with Crippen LogP contribution in [0.4, 0.5) is 0 Å². The Kier molecular flexibility index (Phi) is 4.97. The second-order valence-corrected chi connectivity index (χ2v) is 6.83. The molecule has 3 aromatic rings. The van der Waals surface area contributed by atoms with Gasteiger partial charge in [0.05, 0.1) is 6.61 Å². The highest BCUT2D eigenvalue weighted by molar-refractivity contribution is 7.99. The van der Waals surface area contributed by atoms with Gasteiger partial charge in [-0.1, -0.05) is 41.6 Å². The van der Waals surface area contributed by atoms with Crippen LogP contribution >= 0.6 is 11.8 Å². The predicted molar refractivity (Wildman–Crippen MR) is 97.0 cm³/mol. The fourth-order valence-corrected chi connectivity index (χ4v) is 3.06. The highest BCUT2D eigenvalue weighted by atomic mass is 32.2. The van der Waals surface area contributed by atoms with Crippen molar-refractivity contribution in [3.63, 3.8) is 0 Å². The van der Waals surface area contributed by atoms with Crippen LogP contribution in [0.2, 0.25) is 0 Å². The number of thioether (sulfide) groups is 1. The molecule has 0 saturated heterocycles. The van der Waals surface area contributed by atoms with Gasteiger partial charge in [-0.2, -0.15) is 0 Å². The van der Waals surface area contributed by atoms with Crippen LogP contribution < -0.4 is 14.2 Å². The molecule has 7 heteroatoms. The number of aryl methyl sites for hydroxylation is 1. The minimum atomic E-state index is -0.393. The summed E-state index contributed by atoms with van der Waals surface area (Å²) in [4.78, 5) is 0. The number of para-hydroxylation sites is 2. The third-order valence-corrected chi connectivity index (χ3v) is 4.59. The third kappa shape index (κ3) is 3.94. The highest BCUT2D eigenvalue weighted by Crippen LogP contribution is 2.35. The molecule has 6 nitrogen and oxygen atoms in total. The molecule has 0 bridgehead atoms. The Bertz CT molecular complexity index is 866. The van der Waals surface area contributed by atoms with Crippen molar-refractivity contribution in [2.24, 2.45) is 0 Å². The van der Waals surface area contributed by atoms with Gasteiger partial charge in [0.25, 0.3) is 11.1 Å². The lowest BCUT2D eigenvalue weighted by atomic mass is 10.2. The molecule has 134 valence electrons. The van der Waals surface area contributed by atoms with Crippen molar-refractivity contribution in [3.8, 4) is 17.2 Å². The van der Waals surface area contributed by atoms with E-state index in [0.717, 1.165) is 11.5 Å². The zero-order valence-corrected chi connectivity index (χ0v) is 15.1. The van der Waals surface area contributed by atoms with Crippen molar-refractivity contribution in [2.45, 2.75) is 18.3 Å². The van der Waals surface area contributed by atoms with Crippen molar-refractivity contribution in [1.29, 1.82) is 0 Å². The van der Waals surface area contributed by atoms with Crippen molar-refractivity contribution in [1.82, 2.24) is 10.2 Å². The summed E-state index contributed by atoms with van der Waals surface area (Å²) in [7, 11) is 0.